The maximum absolute atomic E-state index is 13.8. The molecule has 32 heavy (non-hydrogen) atoms. The molecule has 0 fully saturated rings. The molecule has 0 radical (unpaired) electrons. The predicted octanol–water partition coefficient (Wildman–Crippen LogP) is 4.73. The van der Waals surface area contributed by atoms with Crippen LogP contribution < -0.4 is 14.8 Å². The number of rotatable bonds is 8. The molecule has 3 aromatic rings. The van der Waals surface area contributed by atoms with E-state index < -0.39 is 23.8 Å². The van der Waals surface area contributed by atoms with Gasteiger partial charge in [-0.2, -0.15) is 0 Å². The number of carbonyl (C=O) groups is 2. The average Bonchev–Trinajstić information content (AvgIpc) is 3.23. The van der Waals surface area contributed by atoms with Gasteiger partial charge in [0.25, 0.3) is 5.91 Å². The van der Waals surface area contributed by atoms with Crippen molar-refractivity contribution in [1.29, 1.82) is 0 Å². The lowest BCUT2D eigenvalue weighted by Gasteiger charge is -2.13. The summed E-state index contributed by atoms with van der Waals surface area (Å²) in [6.45, 7) is 1.40. The largest absolute Gasteiger partial charge is 0.493 e. The van der Waals surface area contributed by atoms with E-state index in [1.165, 1.54) is 30.4 Å². The number of nitrogens with zero attached hydrogens (tertiary/aromatic N) is 1. The van der Waals surface area contributed by atoms with Gasteiger partial charge in [-0.25, -0.2) is 9.37 Å². The van der Waals surface area contributed by atoms with E-state index in [0.29, 0.717) is 22.2 Å². The number of hydrogen-bond donors (Lipinski definition) is 1. The highest BCUT2D eigenvalue weighted by Crippen LogP contribution is 2.33. The van der Waals surface area contributed by atoms with Crippen molar-refractivity contribution in [2.24, 2.45) is 0 Å². The average molecular weight is 479 g/mol. The van der Waals surface area contributed by atoms with Crippen molar-refractivity contribution >= 4 is 40.5 Å². The van der Waals surface area contributed by atoms with Crippen LogP contribution >= 0.6 is 22.9 Å². The number of amides is 1. The predicted molar refractivity (Wildman–Crippen MR) is 120 cm³/mol. The minimum Gasteiger partial charge on any atom is -0.493 e. The van der Waals surface area contributed by atoms with E-state index in [1.807, 2.05) is 6.07 Å². The van der Waals surface area contributed by atoms with Crippen molar-refractivity contribution in [2.75, 3.05) is 19.5 Å². The Balaban J connectivity index is 1.59. The Hall–Kier alpha value is -3.17. The van der Waals surface area contributed by atoms with E-state index in [4.69, 9.17) is 25.8 Å². The number of esters is 1. The molecule has 3 rings (SSSR count). The van der Waals surface area contributed by atoms with Gasteiger partial charge in [0.1, 0.15) is 10.8 Å². The highest BCUT2D eigenvalue weighted by atomic mass is 35.5. The Morgan fingerprint density at radius 2 is 1.91 bits per heavy atom. The van der Waals surface area contributed by atoms with Gasteiger partial charge in [-0.05, 0) is 43.3 Å². The zero-order valence-corrected chi connectivity index (χ0v) is 19.1. The number of thiazole rings is 1. The van der Waals surface area contributed by atoms with Crippen molar-refractivity contribution in [1.82, 2.24) is 4.98 Å². The summed E-state index contributed by atoms with van der Waals surface area (Å²) in [6, 6.07) is 9.25. The summed E-state index contributed by atoms with van der Waals surface area (Å²) in [7, 11) is 3.10. The molecular weight excluding hydrogens is 459 g/mol. The molecule has 0 aliphatic carbocycles. The molecule has 1 heterocycles. The molecule has 0 saturated carbocycles. The summed E-state index contributed by atoms with van der Waals surface area (Å²) < 4.78 is 29.5. The molecule has 10 heteroatoms. The minimum atomic E-state index is -1.12. The molecule has 1 unspecified atom stereocenters. The second-order valence-corrected chi connectivity index (χ2v) is 7.93. The number of carbonyl (C=O) groups excluding carboxylic acids is 2. The molecule has 7 nitrogen and oxygen atoms in total. The highest BCUT2D eigenvalue weighted by molar-refractivity contribution is 7.13. The number of aromatic nitrogens is 1. The molecule has 1 atom stereocenters. The zero-order chi connectivity index (χ0) is 23.3. The molecule has 1 amide bonds. The lowest BCUT2D eigenvalue weighted by Crippen LogP contribution is -2.30. The smallest absolute Gasteiger partial charge is 0.312 e. The number of benzene rings is 2. The van der Waals surface area contributed by atoms with Gasteiger partial charge in [-0.3, -0.25) is 9.59 Å². The first-order valence-corrected chi connectivity index (χ1v) is 10.7. The molecule has 1 N–H and O–H groups in total. The fourth-order valence-electron chi connectivity index (χ4n) is 2.76. The van der Waals surface area contributed by atoms with Crippen LogP contribution in [-0.4, -0.2) is 37.2 Å². The summed E-state index contributed by atoms with van der Waals surface area (Å²) in [4.78, 5) is 28.9. The van der Waals surface area contributed by atoms with Crippen LogP contribution in [0.4, 0.5) is 10.1 Å². The normalized spacial score (nSPS) is 11.5. The van der Waals surface area contributed by atoms with Gasteiger partial charge in [0, 0.05) is 16.0 Å². The second-order valence-electron chi connectivity index (χ2n) is 6.64. The molecule has 0 aliphatic heterocycles. The summed E-state index contributed by atoms with van der Waals surface area (Å²) in [6.07, 6.45) is -1.24. The van der Waals surface area contributed by atoms with Crippen LogP contribution in [0.25, 0.3) is 10.6 Å². The molecule has 0 saturated heterocycles. The van der Waals surface area contributed by atoms with Crippen LogP contribution in [-0.2, 0) is 20.7 Å². The van der Waals surface area contributed by atoms with Gasteiger partial charge in [-0.1, -0.05) is 11.6 Å². The molecule has 0 spiro atoms. The Labute approximate surface area is 193 Å². The SMILES string of the molecule is COc1ccc(-c2nc(CC(=O)OC(C)C(=O)Nc3ccc(Cl)cc3F)cs2)cc1OC. The van der Waals surface area contributed by atoms with Gasteiger partial charge < -0.3 is 19.5 Å². The summed E-state index contributed by atoms with van der Waals surface area (Å²) in [5.74, 6) is -0.813. The zero-order valence-electron chi connectivity index (χ0n) is 17.5. The summed E-state index contributed by atoms with van der Waals surface area (Å²) in [5, 5.41) is 5.00. The Morgan fingerprint density at radius 3 is 2.59 bits per heavy atom. The monoisotopic (exact) mass is 478 g/mol. The van der Waals surface area contributed by atoms with Crippen LogP contribution in [0.3, 0.4) is 0 Å². The maximum atomic E-state index is 13.8. The number of methoxy groups -OCH3 is 2. The fraction of sp³-hybridized carbons (Fsp3) is 0.227. The highest BCUT2D eigenvalue weighted by Gasteiger charge is 2.20. The minimum absolute atomic E-state index is 0.0543. The number of anilines is 1. The third-order valence-corrected chi connectivity index (χ3v) is 5.55. The molecule has 0 aliphatic rings. The Kier molecular flexibility index (Phi) is 7.66. The van der Waals surface area contributed by atoms with E-state index in [9.17, 15) is 14.0 Å². The van der Waals surface area contributed by atoms with E-state index in [0.717, 1.165) is 11.6 Å². The van der Waals surface area contributed by atoms with Gasteiger partial charge >= 0.3 is 5.97 Å². The van der Waals surface area contributed by atoms with Crippen LogP contribution in [0.15, 0.2) is 41.8 Å². The Morgan fingerprint density at radius 1 is 1.16 bits per heavy atom. The summed E-state index contributed by atoms with van der Waals surface area (Å²) >= 11 is 7.05. The first-order valence-electron chi connectivity index (χ1n) is 9.43. The standard InChI is InChI=1S/C22H20ClFN2O5S/c1-12(21(28)26-17-6-5-14(23)9-16(17)24)31-20(27)10-15-11-32-22(25-15)13-4-7-18(29-2)19(8-13)30-3/h4-9,11-12H,10H2,1-3H3,(H,26,28). The number of ether oxygens (including phenoxy) is 3. The quantitative estimate of drug-likeness (QED) is 0.471. The second kappa shape index (κ2) is 10.4. The van der Waals surface area contributed by atoms with E-state index in [-0.39, 0.29) is 17.1 Å². The van der Waals surface area contributed by atoms with Crippen LogP contribution in [0, 0.1) is 5.82 Å². The van der Waals surface area contributed by atoms with Crippen molar-refractivity contribution < 1.29 is 28.2 Å². The molecule has 2 aromatic carbocycles. The van der Waals surface area contributed by atoms with Crippen molar-refractivity contribution in [2.45, 2.75) is 19.4 Å². The molecule has 1 aromatic heterocycles. The lowest BCUT2D eigenvalue weighted by atomic mass is 10.2. The first-order chi connectivity index (χ1) is 15.3. The topological polar surface area (TPSA) is 86.8 Å². The van der Waals surface area contributed by atoms with E-state index >= 15 is 0 Å². The lowest BCUT2D eigenvalue weighted by molar-refractivity contribution is -0.152. The van der Waals surface area contributed by atoms with Crippen molar-refractivity contribution in [3.05, 3.63) is 58.3 Å². The number of halogens is 2. The van der Waals surface area contributed by atoms with E-state index in [2.05, 4.69) is 10.3 Å². The van der Waals surface area contributed by atoms with Gasteiger partial charge in [0.05, 0.1) is 32.0 Å². The number of hydrogen-bond acceptors (Lipinski definition) is 7. The number of nitrogens with one attached hydrogen (secondary N) is 1. The third-order valence-electron chi connectivity index (χ3n) is 4.37. The van der Waals surface area contributed by atoms with Crippen LogP contribution in [0.2, 0.25) is 5.02 Å². The van der Waals surface area contributed by atoms with Gasteiger partial charge in [0.2, 0.25) is 0 Å². The Bertz CT molecular complexity index is 1140. The van der Waals surface area contributed by atoms with E-state index in [1.54, 1.807) is 31.7 Å². The van der Waals surface area contributed by atoms with Gasteiger partial charge in [0.15, 0.2) is 17.6 Å². The van der Waals surface area contributed by atoms with Crippen LogP contribution in [0.5, 0.6) is 11.5 Å². The molecular formula is C22H20ClFN2O5S. The van der Waals surface area contributed by atoms with Crippen molar-refractivity contribution in [3.8, 4) is 22.1 Å². The molecule has 168 valence electrons. The van der Waals surface area contributed by atoms with Gasteiger partial charge in [-0.15, -0.1) is 11.3 Å². The first kappa shape index (κ1) is 23.5. The van der Waals surface area contributed by atoms with Crippen molar-refractivity contribution in [3.63, 3.8) is 0 Å². The molecule has 0 bridgehead atoms. The summed E-state index contributed by atoms with van der Waals surface area (Å²) in [5.41, 5.74) is 1.26. The fourth-order valence-corrected chi connectivity index (χ4v) is 3.73. The maximum Gasteiger partial charge on any atom is 0.312 e. The third kappa shape index (κ3) is 5.74. The van der Waals surface area contributed by atoms with Crippen LogP contribution in [0.1, 0.15) is 12.6 Å².